The van der Waals surface area contributed by atoms with Gasteiger partial charge in [0.15, 0.2) is 5.82 Å². The Bertz CT molecular complexity index is 1600. The highest BCUT2D eigenvalue weighted by atomic mass is 16.5. The van der Waals surface area contributed by atoms with Crippen LogP contribution in [0.4, 0.5) is 0 Å². The molecule has 1 aliphatic rings. The Balaban J connectivity index is 1.53. The second kappa shape index (κ2) is 11.5. The van der Waals surface area contributed by atoms with Crippen molar-refractivity contribution in [1.82, 2.24) is 35.1 Å². The Morgan fingerprint density at radius 3 is 2.62 bits per heavy atom. The Morgan fingerprint density at radius 2 is 1.85 bits per heavy atom. The van der Waals surface area contributed by atoms with Crippen molar-refractivity contribution in [3.8, 4) is 0 Å². The number of fused-ring (bicyclic) bond motifs is 1. The number of aryl methyl sites for hydroxylation is 2. The Kier molecular flexibility index (Phi) is 7.48. The summed E-state index contributed by atoms with van der Waals surface area (Å²) in [6, 6.07) is 19.9. The topological polar surface area (TPSA) is 102 Å². The van der Waals surface area contributed by atoms with E-state index in [4.69, 9.17) is 4.74 Å². The standard InChI is InChI=1S/C31H33N7O2/c1-21-12-13-22(2)28-26(21)16-27(31(39)33-28)29(30-34-35-36-38(30)20-25-11-7-15-40-25)37(18-23-8-4-3-5-9-23)19-24-10-6-14-32-17-24/h3-6,8-10,12-14,16-17,25,29H,7,11,15,18-20H2,1-2H3,(H,33,39)/t25-,29+/m0/s1. The number of rotatable bonds is 9. The molecule has 1 N–H and O–H groups in total. The number of ether oxygens (including phenoxy) is 1. The maximum absolute atomic E-state index is 13.9. The zero-order valence-electron chi connectivity index (χ0n) is 22.8. The molecule has 204 valence electrons. The van der Waals surface area contributed by atoms with Crippen LogP contribution in [-0.2, 0) is 24.4 Å². The van der Waals surface area contributed by atoms with Crippen molar-refractivity contribution in [3.63, 3.8) is 0 Å². The largest absolute Gasteiger partial charge is 0.376 e. The van der Waals surface area contributed by atoms with E-state index < -0.39 is 6.04 Å². The van der Waals surface area contributed by atoms with E-state index in [0.29, 0.717) is 31.0 Å². The molecule has 0 radical (unpaired) electrons. The molecule has 1 aliphatic heterocycles. The van der Waals surface area contributed by atoms with Crippen LogP contribution in [-0.4, -0.2) is 47.8 Å². The first-order valence-electron chi connectivity index (χ1n) is 13.7. The zero-order chi connectivity index (χ0) is 27.5. The van der Waals surface area contributed by atoms with E-state index in [-0.39, 0.29) is 11.7 Å². The quantitative estimate of drug-likeness (QED) is 0.297. The summed E-state index contributed by atoms with van der Waals surface area (Å²) >= 11 is 0. The first-order valence-corrected chi connectivity index (χ1v) is 13.7. The molecule has 3 aromatic heterocycles. The second-order valence-electron chi connectivity index (χ2n) is 10.6. The van der Waals surface area contributed by atoms with Crippen molar-refractivity contribution < 1.29 is 4.74 Å². The molecule has 1 saturated heterocycles. The number of hydrogen-bond acceptors (Lipinski definition) is 7. The van der Waals surface area contributed by atoms with Crippen LogP contribution in [0.15, 0.2) is 77.9 Å². The highest BCUT2D eigenvalue weighted by Gasteiger charge is 2.32. The summed E-state index contributed by atoms with van der Waals surface area (Å²) in [5.41, 5.74) is 5.59. The van der Waals surface area contributed by atoms with Crippen molar-refractivity contribution in [2.45, 2.75) is 58.5 Å². The molecule has 4 heterocycles. The first kappa shape index (κ1) is 26.0. The number of nitrogens with zero attached hydrogens (tertiary/aromatic N) is 6. The monoisotopic (exact) mass is 535 g/mol. The third-order valence-electron chi connectivity index (χ3n) is 7.67. The smallest absolute Gasteiger partial charge is 0.253 e. The fraction of sp³-hybridized carbons (Fsp3) is 0.323. The Morgan fingerprint density at radius 1 is 1.05 bits per heavy atom. The van der Waals surface area contributed by atoms with Crippen molar-refractivity contribution in [3.05, 3.63) is 117 Å². The molecule has 1 fully saturated rings. The highest BCUT2D eigenvalue weighted by Crippen LogP contribution is 2.31. The summed E-state index contributed by atoms with van der Waals surface area (Å²) in [6.45, 7) is 6.49. The predicted octanol–water partition coefficient (Wildman–Crippen LogP) is 4.50. The number of benzene rings is 2. The molecular formula is C31H33N7O2. The van der Waals surface area contributed by atoms with Crippen LogP contribution in [0.3, 0.4) is 0 Å². The second-order valence-corrected chi connectivity index (χ2v) is 10.6. The molecular weight excluding hydrogens is 502 g/mol. The average Bonchev–Trinajstić information content (AvgIpc) is 3.66. The van der Waals surface area contributed by atoms with E-state index in [1.165, 1.54) is 0 Å². The van der Waals surface area contributed by atoms with Crippen molar-refractivity contribution in [2.24, 2.45) is 0 Å². The third kappa shape index (κ3) is 5.43. The van der Waals surface area contributed by atoms with Gasteiger partial charge in [0.25, 0.3) is 5.56 Å². The number of tetrazole rings is 1. The summed E-state index contributed by atoms with van der Waals surface area (Å²) < 4.78 is 7.74. The van der Waals surface area contributed by atoms with Crippen LogP contribution in [0.1, 0.15) is 52.5 Å². The number of aromatic nitrogens is 6. The number of pyridine rings is 2. The number of nitrogens with one attached hydrogen (secondary N) is 1. The van der Waals surface area contributed by atoms with E-state index in [2.05, 4.69) is 61.6 Å². The van der Waals surface area contributed by atoms with Gasteiger partial charge in [-0.1, -0.05) is 48.5 Å². The summed E-state index contributed by atoms with van der Waals surface area (Å²) in [5, 5.41) is 14.0. The van der Waals surface area contributed by atoms with Gasteiger partial charge in [-0.3, -0.25) is 14.7 Å². The van der Waals surface area contributed by atoms with Gasteiger partial charge in [0.1, 0.15) is 6.04 Å². The minimum atomic E-state index is -0.523. The Hall–Kier alpha value is -4.21. The van der Waals surface area contributed by atoms with Gasteiger partial charge in [-0.15, -0.1) is 5.10 Å². The van der Waals surface area contributed by atoms with Crippen LogP contribution in [0.2, 0.25) is 0 Å². The molecule has 2 atom stereocenters. The predicted molar refractivity (Wildman–Crippen MR) is 153 cm³/mol. The SMILES string of the molecule is Cc1ccc(C)c2[nH]c(=O)c([C@H](c3nnnn3C[C@@H]3CCCO3)N(Cc3ccccc3)Cc3cccnc3)cc12. The number of H-pyrrole nitrogens is 1. The Labute approximate surface area is 232 Å². The molecule has 6 rings (SSSR count). The fourth-order valence-corrected chi connectivity index (χ4v) is 5.59. The lowest BCUT2D eigenvalue weighted by Crippen LogP contribution is -2.35. The summed E-state index contributed by atoms with van der Waals surface area (Å²) in [5.74, 6) is 0.616. The molecule has 0 saturated carbocycles. The van der Waals surface area contributed by atoms with Gasteiger partial charge >= 0.3 is 0 Å². The molecule has 0 spiro atoms. The maximum atomic E-state index is 13.9. The van der Waals surface area contributed by atoms with E-state index in [9.17, 15) is 4.79 Å². The van der Waals surface area contributed by atoms with Gasteiger partial charge < -0.3 is 9.72 Å². The van der Waals surface area contributed by atoms with Crippen LogP contribution >= 0.6 is 0 Å². The molecule has 0 unspecified atom stereocenters. The minimum absolute atomic E-state index is 0.0450. The fourth-order valence-electron chi connectivity index (χ4n) is 5.59. The van der Waals surface area contributed by atoms with Crippen molar-refractivity contribution in [1.29, 1.82) is 0 Å². The molecule has 0 bridgehead atoms. The molecule has 40 heavy (non-hydrogen) atoms. The third-order valence-corrected chi connectivity index (χ3v) is 7.67. The molecule has 5 aromatic rings. The van der Waals surface area contributed by atoms with Crippen LogP contribution < -0.4 is 5.56 Å². The molecule has 9 nitrogen and oxygen atoms in total. The lowest BCUT2D eigenvalue weighted by Gasteiger charge is -2.31. The molecule has 2 aromatic carbocycles. The zero-order valence-corrected chi connectivity index (χ0v) is 22.8. The normalized spacial score (nSPS) is 16.1. The maximum Gasteiger partial charge on any atom is 0.253 e. The highest BCUT2D eigenvalue weighted by molar-refractivity contribution is 5.85. The van der Waals surface area contributed by atoms with Crippen LogP contribution in [0.5, 0.6) is 0 Å². The van der Waals surface area contributed by atoms with E-state index in [1.54, 1.807) is 6.20 Å². The van der Waals surface area contributed by atoms with E-state index >= 15 is 0 Å². The number of hydrogen-bond donors (Lipinski definition) is 1. The average molecular weight is 536 g/mol. The lowest BCUT2D eigenvalue weighted by molar-refractivity contribution is 0.0903. The van der Waals surface area contributed by atoms with E-state index in [1.807, 2.05) is 54.2 Å². The first-order chi connectivity index (χ1) is 19.6. The number of aromatic amines is 1. The van der Waals surface area contributed by atoms with Gasteiger partial charge in [0, 0.05) is 43.0 Å². The summed E-state index contributed by atoms with van der Waals surface area (Å²) in [6.07, 6.45) is 5.66. The summed E-state index contributed by atoms with van der Waals surface area (Å²) in [7, 11) is 0. The summed E-state index contributed by atoms with van der Waals surface area (Å²) in [4.78, 5) is 23.7. The van der Waals surface area contributed by atoms with Crippen LogP contribution in [0, 0.1) is 13.8 Å². The van der Waals surface area contributed by atoms with Gasteiger partial charge in [0.05, 0.1) is 18.2 Å². The van der Waals surface area contributed by atoms with Gasteiger partial charge in [-0.05, 0) is 71.5 Å². The van der Waals surface area contributed by atoms with Crippen LogP contribution in [0.25, 0.3) is 10.9 Å². The van der Waals surface area contributed by atoms with Gasteiger partial charge in [-0.25, -0.2) is 4.68 Å². The van der Waals surface area contributed by atoms with Crippen molar-refractivity contribution >= 4 is 10.9 Å². The molecule has 9 heteroatoms. The van der Waals surface area contributed by atoms with Gasteiger partial charge in [0.2, 0.25) is 0 Å². The minimum Gasteiger partial charge on any atom is -0.376 e. The van der Waals surface area contributed by atoms with Crippen molar-refractivity contribution in [2.75, 3.05) is 6.61 Å². The molecule has 0 aliphatic carbocycles. The molecule has 0 amide bonds. The van der Waals surface area contributed by atoms with E-state index in [0.717, 1.165) is 52.6 Å². The van der Waals surface area contributed by atoms with Gasteiger partial charge in [-0.2, -0.15) is 0 Å². The lowest BCUT2D eigenvalue weighted by atomic mass is 9.98.